The van der Waals surface area contributed by atoms with Crippen LogP contribution in [0.1, 0.15) is 11.1 Å². The topological polar surface area (TPSA) is 80.5 Å². The summed E-state index contributed by atoms with van der Waals surface area (Å²) >= 11 is 7.81. The summed E-state index contributed by atoms with van der Waals surface area (Å²) in [7, 11) is 0. The second-order valence-electron chi connectivity index (χ2n) is 6.90. The molecule has 1 saturated heterocycles. The number of amides is 2. The van der Waals surface area contributed by atoms with Gasteiger partial charge < -0.3 is 0 Å². The van der Waals surface area contributed by atoms with Gasteiger partial charge in [0.2, 0.25) is 0 Å². The van der Waals surface area contributed by atoms with Crippen LogP contribution in [0.4, 0.5) is 14.9 Å². The minimum atomic E-state index is -0.574. The summed E-state index contributed by atoms with van der Waals surface area (Å²) in [6, 6.07) is 17.4. The van der Waals surface area contributed by atoms with Crippen LogP contribution in [0.25, 0.3) is 6.08 Å². The van der Waals surface area contributed by atoms with E-state index in [1.165, 1.54) is 42.1 Å². The Balaban J connectivity index is 1.58. The molecule has 2 amide bonds. The van der Waals surface area contributed by atoms with Crippen LogP contribution >= 0.6 is 35.1 Å². The zero-order valence-electron chi connectivity index (χ0n) is 16.7. The average molecular weight is 501 g/mol. The molecular weight excluding hydrogens is 487 g/mol. The average Bonchev–Trinajstić information content (AvgIpc) is 3.05. The highest BCUT2D eigenvalue weighted by Crippen LogP contribution is 2.38. The summed E-state index contributed by atoms with van der Waals surface area (Å²) in [5, 5.41) is 11.7. The van der Waals surface area contributed by atoms with Gasteiger partial charge in [0.05, 0.1) is 21.3 Å². The lowest BCUT2D eigenvalue weighted by atomic mass is 10.1. The summed E-state index contributed by atoms with van der Waals surface area (Å²) in [4.78, 5) is 38.5. The summed E-state index contributed by atoms with van der Waals surface area (Å²) in [5.74, 6) is -1.08. The third kappa shape index (κ3) is 5.27. The van der Waals surface area contributed by atoms with Crippen molar-refractivity contribution in [2.24, 2.45) is 0 Å². The molecular formula is C23H14ClFN2O4S2. The standard InChI is InChI=1S/C23H14ClFN2O4S2/c24-16-6-8-17(9-7-16)32-20-10-5-14(11-19(20)27(30)31)12-21-22(28)26(23(29)33-21)13-15-3-1-2-4-18(15)25/h1-12H,13H2. The first-order chi connectivity index (χ1) is 15.8. The van der Waals surface area contributed by atoms with Gasteiger partial charge in [0, 0.05) is 21.5 Å². The van der Waals surface area contributed by atoms with E-state index < -0.39 is 21.9 Å². The van der Waals surface area contributed by atoms with E-state index in [1.54, 1.807) is 42.5 Å². The second kappa shape index (κ2) is 9.78. The number of hydrogen-bond donors (Lipinski definition) is 0. The summed E-state index contributed by atoms with van der Waals surface area (Å²) in [5.41, 5.74) is 0.494. The molecule has 3 aromatic rings. The predicted octanol–water partition coefficient (Wildman–Crippen LogP) is 6.78. The van der Waals surface area contributed by atoms with Crippen LogP contribution in [0.5, 0.6) is 0 Å². The van der Waals surface area contributed by atoms with Gasteiger partial charge in [-0.25, -0.2) is 4.39 Å². The molecule has 1 aliphatic rings. The lowest BCUT2D eigenvalue weighted by Crippen LogP contribution is -2.27. The number of halogens is 2. The molecule has 1 heterocycles. The first-order valence-corrected chi connectivity index (χ1v) is 11.5. The third-order valence-corrected chi connectivity index (χ3v) is 6.91. The normalized spacial score (nSPS) is 14.8. The molecule has 6 nitrogen and oxygen atoms in total. The Hall–Kier alpha value is -3.14. The minimum Gasteiger partial charge on any atom is -0.268 e. The summed E-state index contributed by atoms with van der Waals surface area (Å²) in [6.07, 6.45) is 1.43. The predicted molar refractivity (Wildman–Crippen MR) is 127 cm³/mol. The zero-order valence-corrected chi connectivity index (χ0v) is 19.1. The van der Waals surface area contributed by atoms with Crippen LogP contribution < -0.4 is 0 Å². The van der Waals surface area contributed by atoms with E-state index in [2.05, 4.69) is 0 Å². The number of benzene rings is 3. The number of thioether (sulfide) groups is 1. The molecule has 0 aromatic heterocycles. The van der Waals surface area contributed by atoms with Crippen LogP contribution in [0.2, 0.25) is 5.02 Å². The first-order valence-electron chi connectivity index (χ1n) is 9.52. The number of hydrogen-bond acceptors (Lipinski definition) is 6. The Morgan fingerprint density at radius 1 is 1.09 bits per heavy atom. The van der Waals surface area contributed by atoms with Crippen molar-refractivity contribution < 1.29 is 18.9 Å². The maximum Gasteiger partial charge on any atom is 0.293 e. The highest BCUT2D eigenvalue weighted by Gasteiger charge is 2.35. The molecule has 0 saturated carbocycles. The molecule has 0 aliphatic carbocycles. The van der Waals surface area contributed by atoms with Crippen molar-refractivity contribution >= 4 is 58.0 Å². The fourth-order valence-electron chi connectivity index (χ4n) is 3.07. The first kappa shape index (κ1) is 23.0. The number of nitro groups is 1. The van der Waals surface area contributed by atoms with Gasteiger partial charge in [-0.3, -0.25) is 24.6 Å². The summed E-state index contributed by atoms with van der Waals surface area (Å²) in [6.45, 7) is -0.189. The van der Waals surface area contributed by atoms with Crippen molar-refractivity contribution in [2.45, 2.75) is 16.3 Å². The smallest absolute Gasteiger partial charge is 0.268 e. The Bertz CT molecular complexity index is 1300. The molecule has 0 atom stereocenters. The van der Waals surface area contributed by atoms with Crippen LogP contribution in [0.15, 0.2) is 81.4 Å². The third-order valence-electron chi connectivity index (χ3n) is 4.68. The quantitative estimate of drug-likeness (QED) is 0.211. The van der Waals surface area contributed by atoms with Crippen LogP contribution in [-0.2, 0) is 11.3 Å². The molecule has 3 aromatic carbocycles. The van der Waals surface area contributed by atoms with Gasteiger partial charge in [-0.15, -0.1) is 0 Å². The number of nitrogens with zero attached hydrogens (tertiary/aromatic N) is 2. The van der Waals surface area contributed by atoms with Gasteiger partial charge in [0.15, 0.2) is 0 Å². The highest BCUT2D eigenvalue weighted by molar-refractivity contribution is 8.18. The van der Waals surface area contributed by atoms with Crippen LogP contribution in [0.3, 0.4) is 0 Å². The van der Waals surface area contributed by atoms with Gasteiger partial charge in [-0.05, 0) is 59.8 Å². The number of imide groups is 1. The molecule has 0 radical (unpaired) electrons. The lowest BCUT2D eigenvalue weighted by Gasteiger charge is -2.12. The molecule has 33 heavy (non-hydrogen) atoms. The van der Waals surface area contributed by atoms with E-state index in [1.807, 2.05) is 0 Å². The molecule has 0 bridgehead atoms. The summed E-state index contributed by atoms with van der Waals surface area (Å²) < 4.78 is 13.9. The molecule has 0 N–H and O–H groups in total. The van der Waals surface area contributed by atoms with E-state index in [-0.39, 0.29) is 22.7 Å². The van der Waals surface area contributed by atoms with E-state index in [0.29, 0.717) is 27.2 Å². The SMILES string of the molecule is O=C1SC(=Cc2ccc(Sc3ccc(Cl)cc3)c([N+](=O)[O-])c2)C(=O)N1Cc1ccccc1F. The fraction of sp³-hybridized carbons (Fsp3) is 0.0435. The highest BCUT2D eigenvalue weighted by atomic mass is 35.5. The van der Waals surface area contributed by atoms with Crippen molar-refractivity contribution in [3.05, 3.63) is 104 Å². The van der Waals surface area contributed by atoms with Gasteiger partial charge in [0.1, 0.15) is 5.82 Å². The van der Waals surface area contributed by atoms with Gasteiger partial charge in [-0.2, -0.15) is 0 Å². The molecule has 1 fully saturated rings. The van der Waals surface area contributed by atoms with Gasteiger partial charge in [0.25, 0.3) is 16.8 Å². The van der Waals surface area contributed by atoms with Gasteiger partial charge in [-0.1, -0.05) is 47.6 Å². The Morgan fingerprint density at radius 2 is 1.82 bits per heavy atom. The lowest BCUT2D eigenvalue weighted by molar-refractivity contribution is -0.387. The number of nitro benzene ring substituents is 1. The fourth-order valence-corrected chi connectivity index (χ4v) is 4.93. The monoisotopic (exact) mass is 500 g/mol. The Kier molecular flexibility index (Phi) is 6.83. The van der Waals surface area contributed by atoms with E-state index >= 15 is 0 Å². The Morgan fingerprint density at radius 3 is 2.52 bits per heavy atom. The van der Waals surface area contributed by atoms with Crippen LogP contribution in [0, 0.1) is 15.9 Å². The van der Waals surface area contributed by atoms with Crippen molar-refractivity contribution in [1.82, 2.24) is 4.90 Å². The van der Waals surface area contributed by atoms with Crippen molar-refractivity contribution in [2.75, 3.05) is 0 Å². The maximum absolute atomic E-state index is 13.9. The molecule has 166 valence electrons. The van der Waals surface area contributed by atoms with E-state index in [9.17, 15) is 24.1 Å². The Labute approximate surface area is 201 Å². The second-order valence-corrected chi connectivity index (χ2v) is 9.44. The van der Waals surface area contributed by atoms with E-state index in [4.69, 9.17) is 11.6 Å². The van der Waals surface area contributed by atoms with Gasteiger partial charge >= 0.3 is 0 Å². The van der Waals surface area contributed by atoms with Crippen molar-refractivity contribution in [3.8, 4) is 0 Å². The molecule has 4 rings (SSSR count). The van der Waals surface area contributed by atoms with E-state index in [0.717, 1.165) is 9.80 Å². The zero-order chi connectivity index (χ0) is 23.5. The molecule has 10 heteroatoms. The van der Waals surface area contributed by atoms with Crippen LogP contribution in [-0.4, -0.2) is 21.0 Å². The molecule has 0 unspecified atom stereocenters. The van der Waals surface area contributed by atoms with Crippen molar-refractivity contribution in [3.63, 3.8) is 0 Å². The number of carbonyl (C=O) groups is 2. The minimum absolute atomic E-state index is 0.115. The molecule has 0 spiro atoms. The largest absolute Gasteiger partial charge is 0.293 e. The number of carbonyl (C=O) groups excluding carboxylic acids is 2. The van der Waals surface area contributed by atoms with Crippen molar-refractivity contribution in [1.29, 1.82) is 0 Å². The molecule has 1 aliphatic heterocycles. The maximum atomic E-state index is 13.9. The number of rotatable bonds is 6.